The molecule has 0 heterocycles. The van der Waals surface area contributed by atoms with E-state index >= 15 is 9.59 Å². The lowest BCUT2D eigenvalue weighted by atomic mass is 9.83. The van der Waals surface area contributed by atoms with Gasteiger partial charge in [-0.05, 0) is 104 Å². The van der Waals surface area contributed by atoms with Gasteiger partial charge in [-0.2, -0.15) is 0 Å². The summed E-state index contributed by atoms with van der Waals surface area (Å²) >= 11 is 0. The first kappa shape index (κ1) is 42.2. The molecule has 8 aromatic carbocycles. The van der Waals surface area contributed by atoms with Gasteiger partial charge in [0.1, 0.15) is 23.0 Å². The standard InChI is InChI=1S/C54H50N2O8/c1-61-47-29-37-19-9-5-15-33(37)25-41(47)51(42-26-34-16-6-10-20-38(34)30-48(42)62-2)53(57)55(59)45-23-13-14-24-46(45)56(60)54(58)52(43-27-35-17-7-11-21-39(35)31-49(43)63-3)44-28-36-18-8-12-22-40(36)32-50(44)64-4/h5-12,15-22,25-32,45-46,51-52,59-60H,13-14,23-24H2,1-4H3/t45-,46?/m1/s1. The molecule has 1 saturated carbocycles. The smallest absolute Gasteiger partial charge is 0.258 e. The van der Waals surface area contributed by atoms with Crippen molar-refractivity contribution >= 4 is 54.9 Å². The molecule has 324 valence electrons. The predicted octanol–water partition coefficient (Wildman–Crippen LogP) is 11.0. The average molecular weight is 855 g/mol. The van der Waals surface area contributed by atoms with E-state index in [1.54, 1.807) is 28.4 Å². The molecular formula is C54H50N2O8. The fourth-order valence-corrected chi connectivity index (χ4v) is 9.68. The van der Waals surface area contributed by atoms with Crippen LogP contribution in [0.1, 0.15) is 59.8 Å². The fourth-order valence-electron chi connectivity index (χ4n) is 9.68. The van der Waals surface area contributed by atoms with Crippen molar-refractivity contribution in [2.24, 2.45) is 0 Å². The molecule has 1 aliphatic rings. The molecule has 1 unspecified atom stereocenters. The zero-order valence-electron chi connectivity index (χ0n) is 36.2. The normalized spacial score (nSPS) is 15.2. The van der Waals surface area contributed by atoms with Crippen LogP contribution in [-0.4, -0.2) is 72.9 Å². The minimum absolute atomic E-state index is 0.316. The Balaban J connectivity index is 1.16. The summed E-state index contributed by atoms with van der Waals surface area (Å²) < 4.78 is 23.9. The topological polar surface area (TPSA) is 118 Å². The molecule has 64 heavy (non-hydrogen) atoms. The zero-order valence-corrected chi connectivity index (χ0v) is 36.2. The van der Waals surface area contributed by atoms with E-state index in [1.807, 2.05) is 146 Å². The van der Waals surface area contributed by atoms with Crippen LogP contribution in [0, 0.1) is 0 Å². The molecule has 10 heteroatoms. The predicted molar refractivity (Wildman–Crippen MR) is 249 cm³/mol. The van der Waals surface area contributed by atoms with Gasteiger partial charge < -0.3 is 18.9 Å². The first-order valence-corrected chi connectivity index (χ1v) is 21.5. The average Bonchev–Trinajstić information content (AvgIpc) is 3.34. The highest BCUT2D eigenvalue weighted by Gasteiger charge is 2.44. The first-order chi connectivity index (χ1) is 31.2. The summed E-state index contributed by atoms with van der Waals surface area (Å²) in [4.78, 5) is 30.9. The molecule has 0 radical (unpaired) electrons. The first-order valence-electron chi connectivity index (χ1n) is 21.5. The second-order valence-electron chi connectivity index (χ2n) is 16.4. The van der Waals surface area contributed by atoms with Crippen molar-refractivity contribution in [3.05, 3.63) is 168 Å². The summed E-state index contributed by atoms with van der Waals surface area (Å²) in [7, 11) is 6.23. The van der Waals surface area contributed by atoms with Gasteiger partial charge in [0.25, 0.3) is 11.8 Å². The molecule has 0 spiro atoms. The maximum Gasteiger partial charge on any atom is 0.258 e. The molecule has 9 rings (SSSR count). The number of hydroxylamine groups is 4. The zero-order chi connectivity index (χ0) is 44.5. The molecule has 8 aromatic rings. The Labute approximate surface area is 371 Å². The third kappa shape index (κ3) is 7.69. The number of methoxy groups -OCH3 is 4. The van der Waals surface area contributed by atoms with Crippen molar-refractivity contribution in [2.45, 2.75) is 49.6 Å². The van der Waals surface area contributed by atoms with E-state index in [1.165, 1.54) is 0 Å². The van der Waals surface area contributed by atoms with Gasteiger partial charge in [-0.3, -0.25) is 20.0 Å². The number of fused-ring (bicyclic) bond motifs is 4. The van der Waals surface area contributed by atoms with Crippen LogP contribution in [0.25, 0.3) is 43.1 Å². The molecule has 10 nitrogen and oxygen atoms in total. The van der Waals surface area contributed by atoms with Gasteiger partial charge in [-0.1, -0.05) is 110 Å². The van der Waals surface area contributed by atoms with Gasteiger partial charge in [0.2, 0.25) is 0 Å². The van der Waals surface area contributed by atoms with Gasteiger partial charge >= 0.3 is 0 Å². The van der Waals surface area contributed by atoms with Crippen molar-refractivity contribution < 1.29 is 39.0 Å². The van der Waals surface area contributed by atoms with E-state index in [-0.39, 0.29) is 0 Å². The van der Waals surface area contributed by atoms with E-state index in [4.69, 9.17) is 18.9 Å². The van der Waals surface area contributed by atoms with Crippen molar-refractivity contribution in [2.75, 3.05) is 28.4 Å². The van der Waals surface area contributed by atoms with Crippen LogP contribution in [0.2, 0.25) is 0 Å². The molecule has 2 atom stereocenters. The van der Waals surface area contributed by atoms with Gasteiger partial charge in [-0.25, -0.2) is 10.1 Å². The summed E-state index contributed by atoms with van der Waals surface area (Å²) in [6.07, 6.45) is 1.93. The molecule has 0 bridgehead atoms. The second-order valence-corrected chi connectivity index (χ2v) is 16.4. The lowest BCUT2D eigenvalue weighted by Crippen LogP contribution is -2.56. The summed E-state index contributed by atoms with van der Waals surface area (Å²) in [5, 5.41) is 33.6. The van der Waals surface area contributed by atoms with Gasteiger partial charge in [0.15, 0.2) is 0 Å². The molecule has 0 aliphatic heterocycles. The van der Waals surface area contributed by atoms with Crippen LogP contribution in [0.15, 0.2) is 146 Å². The molecule has 0 aromatic heterocycles. The number of hydrogen-bond acceptors (Lipinski definition) is 8. The molecule has 1 fully saturated rings. The van der Waals surface area contributed by atoms with Crippen molar-refractivity contribution in [1.29, 1.82) is 0 Å². The molecule has 2 amide bonds. The maximum atomic E-state index is 15.4. The van der Waals surface area contributed by atoms with Gasteiger partial charge in [-0.15, -0.1) is 0 Å². The van der Waals surface area contributed by atoms with E-state index in [9.17, 15) is 10.4 Å². The number of hydrogen-bond donors (Lipinski definition) is 2. The largest absolute Gasteiger partial charge is 0.496 e. The van der Waals surface area contributed by atoms with Gasteiger partial charge in [0, 0.05) is 22.3 Å². The number of carbonyl (C=O) groups is 2. The van der Waals surface area contributed by atoms with Crippen LogP contribution >= 0.6 is 0 Å². The minimum atomic E-state index is -1.12. The van der Waals surface area contributed by atoms with Crippen molar-refractivity contribution in [3.63, 3.8) is 0 Å². The number of benzene rings is 8. The Morgan fingerprint density at radius 3 is 0.859 bits per heavy atom. The quantitative estimate of drug-likeness (QED) is 0.0921. The summed E-state index contributed by atoms with van der Waals surface area (Å²) in [5.41, 5.74) is 2.09. The molecule has 2 N–H and O–H groups in total. The molecule has 1 aliphatic carbocycles. The summed E-state index contributed by atoms with van der Waals surface area (Å²) in [6.45, 7) is 0. The highest BCUT2D eigenvalue weighted by molar-refractivity contribution is 5.96. The summed E-state index contributed by atoms with van der Waals surface area (Å²) in [5.74, 6) is -1.75. The van der Waals surface area contributed by atoms with Crippen molar-refractivity contribution in [1.82, 2.24) is 10.1 Å². The number of ether oxygens (including phenoxy) is 4. The van der Waals surface area contributed by atoms with Crippen molar-refractivity contribution in [3.8, 4) is 23.0 Å². The second kappa shape index (κ2) is 17.9. The summed E-state index contributed by atoms with van der Waals surface area (Å²) in [6, 6.07) is 44.4. The van der Waals surface area contributed by atoms with Crippen LogP contribution in [0.3, 0.4) is 0 Å². The van der Waals surface area contributed by atoms with E-state index in [0.717, 1.165) is 53.2 Å². The van der Waals surface area contributed by atoms with E-state index in [2.05, 4.69) is 0 Å². The molecular weight excluding hydrogens is 805 g/mol. The number of rotatable bonds is 12. The SMILES string of the molecule is COc1cc2ccccc2cc1C(C(=O)N(O)C1CCCC[C@H]1N(O)C(=O)C(c1cc2ccccc2cc1OC)c1cc2ccccc2cc1OC)c1cc2ccccc2cc1OC. The third-order valence-corrected chi connectivity index (χ3v) is 12.9. The number of carbonyl (C=O) groups excluding carboxylic acids is 2. The van der Waals surface area contributed by atoms with Crippen LogP contribution in [-0.2, 0) is 9.59 Å². The molecule has 0 saturated heterocycles. The Morgan fingerprint density at radius 2 is 0.641 bits per heavy atom. The van der Waals surface area contributed by atoms with Crippen LogP contribution in [0.5, 0.6) is 23.0 Å². The fraction of sp³-hybridized carbons (Fsp3) is 0.222. The van der Waals surface area contributed by atoms with Crippen LogP contribution < -0.4 is 18.9 Å². The Hall–Kier alpha value is -7.14. The highest BCUT2D eigenvalue weighted by atomic mass is 16.5. The van der Waals surface area contributed by atoms with Gasteiger partial charge in [0.05, 0.1) is 52.4 Å². The Kier molecular flexibility index (Phi) is 11.8. The van der Waals surface area contributed by atoms with E-state index in [0.29, 0.717) is 70.9 Å². The highest BCUT2D eigenvalue weighted by Crippen LogP contribution is 2.45. The Bertz CT molecular complexity index is 2660. The van der Waals surface area contributed by atoms with Crippen LogP contribution in [0.4, 0.5) is 0 Å². The monoisotopic (exact) mass is 854 g/mol. The lowest BCUT2D eigenvalue weighted by molar-refractivity contribution is -0.214. The lowest BCUT2D eigenvalue weighted by Gasteiger charge is -2.41. The number of nitrogens with zero attached hydrogens (tertiary/aromatic N) is 2. The minimum Gasteiger partial charge on any atom is -0.496 e. The van der Waals surface area contributed by atoms with E-state index < -0.39 is 35.7 Å². The third-order valence-electron chi connectivity index (χ3n) is 12.9. The number of amides is 2. The Morgan fingerprint density at radius 1 is 0.422 bits per heavy atom. The maximum absolute atomic E-state index is 15.4.